The summed E-state index contributed by atoms with van der Waals surface area (Å²) >= 11 is 12.7. The molecule has 0 N–H and O–H groups in total. The van der Waals surface area contributed by atoms with E-state index in [1.165, 1.54) is 17.1 Å². The van der Waals surface area contributed by atoms with Gasteiger partial charge in [-0.25, -0.2) is 0 Å². The molecule has 176 valence electrons. The minimum atomic E-state index is -0.810. The number of hydrogen-bond acceptors (Lipinski definition) is 7. The Bertz CT molecular complexity index is 1420. The predicted octanol–water partition coefficient (Wildman–Crippen LogP) is 6.41. The molecule has 0 aliphatic carbocycles. The molecule has 3 aromatic rings. The van der Waals surface area contributed by atoms with E-state index in [2.05, 4.69) is 5.10 Å². The van der Waals surface area contributed by atoms with Gasteiger partial charge >= 0.3 is 5.69 Å². The number of carbonyl (C=O) groups is 1. The Morgan fingerprint density at radius 2 is 1.63 bits per heavy atom. The Kier molecular flexibility index (Phi) is 6.50. The van der Waals surface area contributed by atoms with E-state index >= 15 is 0 Å². The molecule has 1 amide bonds. The smallest absolute Gasteiger partial charge is 0.318 e. The largest absolute Gasteiger partial charge is 0.447 e. The summed E-state index contributed by atoms with van der Waals surface area (Å²) in [5.74, 6) is -0.688. The van der Waals surface area contributed by atoms with Crippen LogP contribution in [0.3, 0.4) is 0 Å². The van der Waals surface area contributed by atoms with Crippen molar-refractivity contribution in [2.24, 2.45) is 5.10 Å². The molecule has 12 heteroatoms. The van der Waals surface area contributed by atoms with E-state index in [9.17, 15) is 25.0 Å². The van der Waals surface area contributed by atoms with E-state index in [-0.39, 0.29) is 27.5 Å². The second-order valence-corrected chi connectivity index (χ2v) is 8.09. The number of anilines is 1. The summed E-state index contributed by atoms with van der Waals surface area (Å²) in [4.78, 5) is 33.7. The third-order valence-corrected chi connectivity index (χ3v) is 5.52. The third-order valence-electron chi connectivity index (χ3n) is 4.96. The van der Waals surface area contributed by atoms with Crippen LogP contribution in [0.15, 0.2) is 71.3 Å². The molecule has 4 rings (SSSR count). The Morgan fingerprint density at radius 1 is 0.971 bits per heavy atom. The molecule has 0 unspecified atom stereocenters. The summed E-state index contributed by atoms with van der Waals surface area (Å²) in [7, 11) is 0. The fraction of sp³-hybridized carbons (Fsp3) is 0.0435. The average molecular weight is 513 g/mol. The second-order valence-electron chi connectivity index (χ2n) is 7.28. The topological polar surface area (TPSA) is 128 Å². The van der Waals surface area contributed by atoms with Crippen molar-refractivity contribution in [1.29, 1.82) is 0 Å². The van der Waals surface area contributed by atoms with E-state index in [0.29, 0.717) is 22.5 Å². The second kappa shape index (κ2) is 9.53. The normalized spacial score (nSPS) is 14.3. The summed E-state index contributed by atoms with van der Waals surface area (Å²) in [6.07, 6.45) is 1.57. The molecule has 0 spiro atoms. The maximum Gasteiger partial charge on any atom is 0.318 e. The molecule has 3 aromatic carbocycles. The highest BCUT2D eigenvalue weighted by molar-refractivity contribution is 6.38. The number of nitrogens with zero attached hydrogens (tertiary/aromatic N) is 4. The Morgan fingerprint density at radius 3 is 2.23 bits per heavy atom. The lowest BCUT2D eigenvalue weighted by Gasteiger charge is -2.12. The highest BCUT2D eigenvalue weighted by Crippen LogP contribution is 2.41. The number of halogens is 2. The van der Waals surface area contributed by atoms with Gasteiger partial charge in [-0.1, -0.05) is 41.4 Å². The van der Waals surface area contributed by atoms with Crippen LogP contribution in [0.25, 0.3) is 6.08 Å². The van der Waals surface area contributed by atoms with Gasteiger partial charge in [0.15, 0.2) is 5.75 Å². The first-order valence-electron chi connectivity index (χ1n) is 9.92. The molecule has 0 saturated heterocycles. The molecule has 0 saturated carbocycles. The first-order chi connectivity index (χ1) is 16.7. The number of nitro groups is 2. The fourth-order valence-corrected chi connectivity index (χ4v) is 3.89. The lowest BCUT2D eigenvalue weighted by Crippen LogP contribution is -2.21. The number of ether oxygens (including phenoxy) is 1. The van der Waals surface area contributed by atoms with Crippen molar-refractivity contribution in [1.82, 2.24) is 0 Å². The van der Waals surface area contributed by atoms with Gasteiger partial charge in [-0.15, -0.1) is 0 Å². The maximum absolute atomic E-state index is 12.9. The van der Waals surface area contributed by atoms with Crippen LogP contribution in [0.1, 0.15) is 12.5 Å². The Hall–Kier alpha value is -4.28. The van der Waals surface area contributed by atoms with Gasteiger partial charge in [0.05, 0.1) is 42.9 Å². The van der Waals surface area contributed by atoms with Crippen LogP contribution in [-0.2, 0) is 4.79 Å². The van der Waals surface area contributed by atoms with Crippen LogP contribution in [0.2, 0.25) is 10.0 Å². The molecule has 0 radical (unpaired) electrons. The van der Waals surface area contributed by atoms with Gasteiger partial charge in [0.2, 0.25) is 5.75 Å². The van der Waals surface area contributed by atoms with Gasteiger partial charge < -0.3 is 4.74 Å². The zero-order valence-corrected chi connectivity index (χ0v) is 19.4. The maximum atomic E-state index is 12.9. The molecule has 1 aliphatic rings. The first-order valence-corrected chi connectivity index (χ1v) is 10.7. The summed E-state index contributed by atoms with van der Waals surface area (Å²) in [6, 6.07) is 14.8. The molecule has 0 aromatic heterocycles. The van der Waals surface area contributed by atoms with Crippen LogP contribution in [0, 0.1) is 20.2 Å². The van der Waals surface area contributed by atoms with Crippen LogP contribution >= 0.6 is 23.2 Å². The molecule has 1 heterocycles. The SMILES string of the molecule is CC1=NN(c2ccccc2)C(=O)/C1=C/c1cc(Cl)c(Oc2ccc([N+](=O)[O-])cc2[N+](=O)[O-])c(Cl)c1. The Labute approximate surface area is 207 Å². The van der Waals surface area contributed by atoms with Crippen LogP contribution in [-0.4, -0.2) is 21.5 Å². The van der Waals surface area contributed by atoms with E-state index < -0.39 is 21.2 Å². The van der Waals surface area contributed by atoms with Gasteiger partial charge in [0.25, 0.3) is 11.6 Å². The number of benzene rings is 3. The van der Waals surface area contributed by atoms with Crippen molar-refractivity contribution in [3.63, 3.8) is 0 Å². The molecular formula is C23H14Cl2N4O6. The molecule has 35 heavy (non-hydrogen) atoms. The molecule has 0 fully saturated rings. The van der Waals surface area contributed by atoms with Crippen molar-refractivity contribution in [3.8, 4) is 11.5 Å². The minimum Gasteiger partial charge on any atom is -0.447 e. The lowest BCUT2D eigenvalue weighted by atomic mass is 10.1. The first kappa shape index (κ1) is 23.9. The monoisotopic (exact) mass is 512 g/mol. The van der Waals surface area contributed by atoms with Crippen molar-refractivity contribution in [2.75, 3.05) is 5.01 Å². The third kappa shape index (κ3) is 4.84. The van der Waals surface area contributed by atoms with Gasteiger partial charge in [-0.2, -0.15) is 10.1 Å². The quantitative estimate of drug-likeness (QED) is 0.213. The molecule has 0 bridgehead atoms. The molecule has 1 aliphatic heterocycles. The van der Waals surface area contributed by atoms with Crippen molar-refractivity contribution in [2.45, 2.75) is 6.92 Å². The number of hydrogen-bond donors (Lipinski definition) is 0. The zero-order chi connectivity index (χ0) is 25.3. The van der Waals surface area contributed by atoms with Crippen molar-refractivity contribution < 1.29 is 19.4 Å². The zero-order valence-electron chi connectivity index (χ0n) is 17.8. The number of carbonyl (C=O) groups excluding carboxylic acids is 1. The standard InChI is InChI=1S/C23H14Cl2N4O6/c1-13-17(23(30)27(26-13)15-5-3-2-4-6-15)9-14-10-18(24)22(19(25)11-14)35-21-8-7-16(28(31)32)12-20(21)29(33)34/h2-12H,1H3/b17-9+. The number of rotatable bonds is 6. The molecule has 10 nitrogen and oxygen atoms in total. The predicted molar refractivity (Wildman–Crippen MR) is 131 cm³/mol. The average Bonchev–Trinajstić information content (AvgIpc) is 3.10. The number of nitro benzene ring substituents is 2. The van der Waals surface area contributed by atoms with E-state index in [0.717, 1.165) is 18.2 Å². The summed E-state index contributed by atoms with van der Waals surface area (Å²) in [5.41, 5.74) is 0.824. The fourth-order valence-electron chi connectivity index (χ4n) is 3.31. The van der Waals surface area contributed by atoms with Gasteiger partial charge in [-0.3, -0.25) is 25.0 Å². The van der Waals surface area contributed by atoms with E-state index in [1.807, 2.05) is 6.07 Å². The van der Waals surface area contributed by atoms with E-state index in [1.54, 1.807) is 37.3 Å². The van der Waals surface area contributed by atoms with Gasteiger partial charge in [0, 0.05) is 6.07 Å². The summed E-state index contributed by atoms with van der Waals surface area (Å²) in [5, 5.41) is 27.9. The highest BCUT2D eigenvalue weighted by Gasteiger charge is 2.29. The molecule has 0 atom stereocenters. The summed E-state index contributed by atoms with van der Waals surface area (Å²) < 4.78 is 5.56. The van der Waals surface area contributed by atoms with Crippen LogP contribution in [0.4, 0.5) is 17.1 Å². The number of non-ortho nitro benzene ring substituents is 1. The van der Waals surface area contributed by atoms with Crippen LogP contribution in [0.5, 0.6) is 11.5 Å². The number of amides is 1. The van der Waals surface area contributed by atoms with Gasteiger partial charge in [0.1, 0.15) is 0 Å². The van der Waals surface area contributed by atoms with Crippen molar-refractivity contribution >= 4 is 58.0 Å². The van der Waals surface area contributed by atoms with Gasteiger partial charge in [-0.05, 0) is 48.9 Å². The van der Waals surface area contributed by atoms with E-state index in [4.69, 9.17) is 27.9 Å². The highest BCUT2D eigenvalue weighted by atomic mass is 35.5. The summed E-state index contributed by atoms with van der Waals surface area (Å²) in [6.45, 7) is 1.70. The lowest BCUT2D eigenvalue weighted by molar-refractivity contribution is -0.394. The Balaban J connectivity index is 1.65. The number of hydrazone groups is 1. The minimum absolute atomic E-state index is 0.0111. The number of para-hydroxylation sites is 1. The van der Waals surface area contributed by atoms with Crippen molar-refractivity contribution in [3.05, 3.63) is 102 Å². The molecular weight excluding hydrogens is 499 g/mol. The van der Waals surface area contributed by atoms with Crippen LogP contribution < -0.4 is 9.75 Å².